The van der Waals surface area contributed by atoms with Gasteiger partial charge in [-0.2, -0.15) is 0 Å². The molecule has 0 heterocycles. The molecule has 0 aliphatic carbocycles. The summed E-state index contributed by atoms with van der Waals surface area (Å²) in [7, 11) is 0. The van der Waals surface area contributed by atoms with Crippen molar-refractivity contribution in [2.45, 2.75) is 71.1 Å². The Kier molecular flexibility index (Phi) is 10.8. The second-order valence-electron chi connectivity index (χ2n) is 5.83. The molecule has 0 bridgehead atoms. The molecule has 1 aromatic carbocycles. The van der Waals surface area contributed by atoms with Gasteiger partial charge in [0.25, 0.3) is 5.24 Å². The zero-order valence-corrected chi connectivity index (χ0v) is 14.5. The van der Waals surface area contributed by atoms with Crippen molar-refractivity contribution < 1.29 is 9.53 Å². The van der Waals surface area contributed by atoms with Crippen LogP contribution in [-0.4, -0.2) is 11.8 Å². The molecular weight excluding hydrogens is 296 g/mol. The number of benzene rings is 1. The van der Waals surface area contributed by atoms with Crippen LogP contribution in [0.25, 0.3) is 0 Å². The van der Waals surface area contributed by atoms with E-state index in [1.54, 1.807) is 24.3 Å². The number of hydrogen-bond acceptors (Lipinski definition) is 2. The minimum absolute atomic E-state index is 0.429. The topological polar surface area (TPSA) is 26.3 Å². The normalized spacial score (nSPS) is 10.6. The number of carbonyl (C=O) groups excluding carboxylic acids is 1. The lowest BCUT2D eigenvalue weighted by Crippen LogP contribution is -1.98. The van der Waals surface area contributed by atoms with Crippen molar-refractivity contribution in [2.75, 3.05) is 6.61 Å². The number of halogens is 1. The van der Waals surface area contributed by atoms with Crippen molar-refractivity contribution in [3.05, 3.63) is 29.8 Å². The summed E-state index contributed by atoms with van der Waals surface area (Å²) in [6.45, 7) is 3.00. The fourth-order valence-corrected chi connectivity index (χ4v) is 2.59. The van der Waals surface area contributed by atoms with E-state index in [4.69, 9.17) is 16.3 Å². The summed E-state index contributed by atoms with van der Waals surface area (Å²) < 4.78 is 5.66. The summed E-state index contributed by atoms with van der Waals surface area (Å²) in [5.41, 5.74) is 0.507. The van der Waals surface area contributed by atoms with Gasteiger partial charge in [0.2, 0.25) is 0 Å². The smallest absolute Gasteiger partial charge is 0.252 e. The molecule has 0 spiro atoms. The molecule has 0 aromatic heterocycles. The van der Waals surface area contributed by atoms with Crippen LogP contribution >= 0.6 is 11.6 Å². The lowest BCUT2D eigenvalue weighted by molar-refractivity contribution is 0.108. The summed E-state index contributed by atoms with van der Waals surface area (Å²) in [5, 5.41) is -0.429. The Morgan fingerprint density at radius 3 is 1.86 bits per heavy atom. The molecule has 0 unspecified atom stereocenters. The van der Waals surface area contributed by atoms with Crippen molar-refractivity contribution in [3.63, 3.8) is 0 Å². The minimum Gasteiger partial charge on any atom is -0.494 e. The Bertz CT molecular complexity index is 400. The second kappa shape index (κ2) is 12.5. The highest BCUT2D eigenvalue weighted by Gasteiger charge is 2.01. The third kappa shape index (κ3) is 9.09. The summed E-state index contributed by atoms with van der Waals surface area (Å²) in [6, 6.07) is 6.99. The average molecular weight is 325 g/mol. The van der Waals surface area contributed by atoms with Crippen molar-refractivity contribution in [1.82, 2.24) is 0 Å². The van der Waals surface area contributed by atoms with E-state index in [9.17, 15) is 4.79 Å². The molecule has 2 nitrogen and oxygen atoms in total. The molecule has 3 heteroatoms. The molecule has 0 atom stereocenters. The lowest BCUT2D eigenvalue weighted by atomic mass is 10.1. The minimum atomic E-state index is -0.429. The van der Waals surface area contributed by atoms with Crippen LogP contribution in [-0.2, 0) is 0 Å². The first-order valence-corrected chi connectivity index (χ1v) is 9.04. The summed E-state index contributed by atoms with van der Waals surface area (Å²) in [4.78, 5) is 10.9. The van der Waals surface area contributed by atoms with E-state index in [-0.39, 0.29) is 0 Å². The van der Waals surface area contributed by atoms with E-state index in [1.807, 2.05) is 0 Å². The Hall–Kier alpha value is -1.02. The van der Waals surface area contributed by atoms with Gasteiger partial charge in [0.05, 0.1) is 6.61 Å². The fraction of sp³-hybridized carbons (Fsp3) is 0.632. The third-order valence-corrected chi connectivity index (χ3v) is 4.07. The molecular formula is C19H29ClO2. The first-order chi connectivity index (χ1) is 10.7. The number of unbranched alkanes of at least 4 members (excludes halogenated alkanes) is 9. The lowest BCUT2D eigenvalue weighted by Gasteiger charge is -2.06. The van der Waals surface area contributed by atoms with Crippen molar-refractivity contribution in [3.8, 4) is 5.75 Å². The van der Waals surface area contributed by atoms with Crippen LogP contribution in [0.3, 0.4) is 0 Å². The summed E-state index contributed by atoms with van der Waals surface area (Å²) >= 11 is 5.40. The standard InChI is InChI=1S/C19H29ClO2/c1-2-3-4-5-6-7-8-9-10-11-16-22-18-14-12-17(13-15-18)19(20)21/h12-15H,2-11,16H2,1H3. The van der Waals surface area contributed by atoms with Gasteiger partial charge in [-0.25, -0.2) is 0 Å². The van der Waals surface area contributed by atoms with Crippen LogP contribution in [0.4, 0.5) is 0 Å². The second-order valence-corrected chi connectivity index (χ2v) is 6.17. The van der Waals surface area contributed by atoms with Gasteiger partial charge in [-0.05, 0) is 42.3 Å². The van der Waals surface area contributed by atoms with Crippen molar-refractivity contribution in [1.29, 1.82) is 0 Å². The van der Waals surface area contributed by atoms with E-state index in [0.717, 1.165) is 18.8 Å². The monoisotopic (exact) mass is 324 g/mol. The highest BCUT2D eigenvalue weighted by molar-refractivity contribution is 6.67. The van der Waals surface area contributed by atoms with Crippen LogP contribution < -0.4 is 4.74 Å². The molecule has 0 N–H and O–H groups in total. The molecule has 0 amide bonds. The van der Waals surface area contributed by atoms with Gasteiger partial charge in [0, 0.05) is 5.56 Å². The number of rotatable bonds is 13. The van der Waals surface area contributed by atoms with Crippen LogP contribution in [0.5, 0.6) is 5.75 Å². The Morgan fingerprint density at radius 2 is 1.36 bits per heavy atom. The Morgan fingerprint density at radius 1 is 0.864 bits per heavy atom. The maximum absolute atomic E-state index is 10.9. The largest absolute Gasteiger partial charge is 0.494 e. The third-order valence-electron chi connectivity index (χ3n) is 3.85. The van der Waals surface area contributed by atoms with Crippen molar-refractivity contribution in [2.24, 2.45) is 0 Å². The van der Waals surface area contributed by atoms with Gasteiger partial charge in [-0.3, -0.25) is 4.79 Å². The van der Waals surface area contributed by atoms with E-state index in [1.165, 1.54) is 57.8 Å². The number of ether oxygens (including phenoxy) is 1. The number of hydrogen-bond donors (Lipinski definition) is 0. The summed E-state index contributed by atoms with van der Waals surface area (Å²) in [6.07, 6.45) is 13.2. The first kappa shape index (κ1) is 19.0. The molecule has 124 valence electrons. The zero-order valence-electron chi connectivity index (χ0n) is 13.8. The first-order valence-electron chi connectivity index (χ1n) is 8.66. The van der Waals surface area contributed by atoms with E-state index in [2.05, 4.69) is 6.92 Å². The highest BCUT2D eigenvalue weighted by Crippen LogP contribution is 2.15. The van der Waals surface area contributed by atoms with Crippen LogP contribution in [0.1, 0.15) is 81.5 Å². The summed E-state index contributed by atoms with van der Waals surface area (Å²) in [5.74, 6) is 0.803. The van der Waals surface area contributed by atoms with Crippen molar-refractivity contribution >= 4 is 16.8 Å². The molecule has 0 fully saturated rings. The molecule has 1 aromatic rings. The Balaban J connectivity index is 1.94. The van der Waals surface area contributed by atoms with Gasteiger partial charge in [-0.1, -0.05) is 64.7 Å². The molecule has 22 heavy (non-hydrogen) atoms. The van der Waals surface area contributed by atoms with Crippen LogP contribution in [0.15, 0.2) is 24.3 Å². The predicted molar refractivity (Wildman–Crippen MR) is 94.0 cm³/mol. The predicted octanol–water partition coefficient (Wildman–Crippen LogP) is 6.37. The van der Waals surface area contributed by atoms with Gasteiger partial charge >= 0.3 is 0 Å². The maximum atomic E-state index is 10.9. The highest BCUT2D eigenvalue weighted by atomic mass is 35.5. The van der Waals surface area contributed by atoms with Crippen LogP contribution in [0.2, 0.25) is 0 Å². The molecule has 1 rings (SSSR count). The zero-order chi connectivity index (χ0) is 16.0. The van der Waals surface area contributed by atoms with E-state index >= 15 is 0 Å². The molecule has 0 aliphatic heterocycles. The van der Waals surface area contributed by atoms with Gasteiger partial charge in [0.15, 0.2) is 0 Å². The van der Waals surface area contributed by atoms with E-state index < -0.39 is 5.24 Å². The van der Waals surface area contributed by atoms with E-state index in [0.29, 0.717) is 5.56 Å². The van der Waals surface area contributed by atoms with Crippen LogP contribution in [0, 0.1) is 0 Å². The van der Waals surface area contributed by atoms with Gasteiger partial charge in [0.1, 0.15) is 5.75 Å². The maximum Gasteiger partial charge on any atom is 0.252 e. The quantitative estimate of drug-likeness (QED) is 0.311. The Labute approximate surface area is 140 Å². The van der Waals surface area contributed by atoms with Gasteiger partial charge in [-0.15, -0.1) is 0 Å². The molecule has 0 saturated heterocycles. The van der Waals surface area contributed by atoms with Gasteiger partial charge < -0.3 is 4.74 Å². The average Bonchev–Trinajstić information content (AvgIpc) is 2.53. The molecule has 0 aliphatic rings. The fourth-order valence-electron chi connectivity index (χ4n) is 2.46. The SMILES string of the molecule is CCCCCCCCCCCCOc1ccc(C(=O)Cl)cc1. The molecule has 0 radical (unpaired) electrons. The number of carbonyl (C=O) groups is 1. The molecule has 0 saturated carbocycles.